The molecule has 24 heavy (non-hydrogen) atoms. The Morgan fingerprint density at radius 1 is 1.29 bits per heavy atom. The molecular weight excluding hydrogens is 341 g/mol. The maximum atomic E-state index is 12.8. The van der Waals surface area contributed by atoms with Crippen molar-refractivity contribution >= 4 is 28.7 Å². The number of nitrogens with zero attached hydrogens (tertiary/aromatic N) is 2. The van der Waals surface area contributed by atoms with Gasteiger partial charge < -0.3 is 20.9 Å². The monoisotopic (exact) mass is 364 g/mol. The van der Waals surface area contributed by atoms with Crippen LogP contribution in [0.15, 0.2) is 12.1 Å². The molecule has 1 aromatic carbocycles. The normalized spacial score (nSPS) is 16.7. The summed E-state index contributed by atoms with van der Waals surface area (Å²) in [5, 5.41) is 3.72. The minimum atomic E-state index is -4.12. The van der Waals surface area contributed by atoms with E-state index in [1.165, 1.54) is 0 Å². The van der Waals surface area contributed by atoms with Crippen LogP contribution in [0.5, 0.6) is 0 Å². The fourth-order valence-corrected chi connectivity index (χ4v) is 3.13. The zero-order chi connectivity index (χ0) is 17.9. The number of anilines is 3. The highest BCUT2D eigenvalue weighted by atomic mass is 35.5. The summed E-state index contributed by atoms with van der Waals surface area (Å²) in [5.41, 5.74) is 8.02. The van der Waals surface area contributed by atoms with Gasteiger partial charge in [-0.2, -0.15) is 13.2 Å². The molecule has 0 bridgehead atoms. The van der Waals surface area contributed by atoms with Gasteiger partial charge in [0.25, 0.3) is 0 Å². The minimum absolute atomic E-state index is 0.0909. The molecule has 0 aliphatic carbocycles. The van der Waals surface area contributed by atoms with E-state index in [0.717, 1.165) is 17.9 Å². The second-order valence-corrected chi connectivity index (χ2v) is 6.83. The topological polar surface area (TPSA) is 44.5 Å². The summed E-state index contributed by atoms with van der Waals surface area (Å²) in [4.78, 5) is 3.95. The number of hydrogen-bond acceptors (Lipinski definition) is 4. The first-order valence-electron chi connectivity index (χ1n) is 7.97. The Morgan fingerprint density at radius 3 is 2.46 bits per heavy atom. The number of nitrogen functional groups attached to an aromatic ring is 1. The Bertz CT molecular complexity index is 555. The summed E-state index contributed by atoms with van der Waals surface area (Å²) in [7, 11) is 3.95. The van der Waals surface area contributed by atoms with E-state index in [1.807, 2.05) is 30.0 Å². The second kappa shape index (κ2) is 7.70. The molecule has 1 heterocycles. The zero-order valence-corrected chi connectivity index (χ0v) is 14.7. The number of rotatable bonds is 5. The van der Waals surface area contributed by atoms with E-state index in [-0.39, 0.29) is 12.8 Å². The van der Waals surface area contributed by atoms with Crippen LogP contribution in [0.25, 0.3) is 0 Å². The molecule has 0 atom stereocenters. The number of alkyl halides is 3. The van der Waals surface area contributed by atoms with Crippen LogP contribution >= 0.6 is 11.6 Å². The van der Waals surface area contributed by atoms with Gasteiger partial charge >= 0.3 is 6.18 Å². The average Bonchev–Trinajstić information content (AvgIpc) is 2.48. The number of likely N-dealkylation sites (N-methyl/N-ethyl adjacent to an activating group) is 1. The SMILES string of the molecule is CN(C)CCNc1cc(N2CCC(C(F)(F)F)CC2)c(Cl)cc1N. The predicted molar refractivity (Wildman–Crippen MR) is 93.9 cm³/mol. The lowest BCUT2D eigenvalue weighted by Gasteiger charge is -2.35. The van der Waals surface area contributed by atoms with Crippen molar-refractivity contribution in [3.05, 3.63) is 17.2 Å². The summed E-state index contributed by atoms with van der Waals surface area (Å²) < 4.78 is 38.4. The van der Waals surface area contributed by atoms with Gasteiger partial charge in [-0.1, -0.05) is 11.6 Å². The molecular formula is C16H24ClF3N4. The number of hydrogen-bond donors (Lipinski definition) is 2. The summed E-state index contributed by atoms with van der Waals surface area (Å²) in [6, 6.07) is 3.49. The maximum absolute atomic E-state index is 12.8. The molecule has 2 rings (SSSR count). The van der Waals surface area contributed by atoms with E-state index >= 15 is 0 Å². The Morgan fingerprint density at radius 2 is 1.92 bits per heavy atom. The van der Waals surface area contributed by atoms with Crippen LogP contribution in [0.4, 0.5) is 30.2 Å². The van der Waals surface area contributed by atoms with E-state index in [0.29, 0.717) is 30.3 Å². The van der Waals surface area contributed by atoms with Crippen molar-refractivity contribution in [3.63, 3.8) is 0 Å². The Hall–Kier alpha value is -1.34. The largest absolute Gasteiger partial charge is 0.397 e. The predicted octanol–water partition coefficient (Wildman–Crippen LogP) is 3.67. The fourth-order valence-electron chi connectivity index (χ4n) is 2.83. The number of nitrogens with one attached hydrogen (secondary N) is 1. The molecule has 8 heteroatoms. The van der Waals surface area contributed by atoms with Crippen LogP contribution in [0, 0.1) is 5.92 Å². The van der Waals surface area contributed by atoms with Crippen molar-refractivity contribution in [1.29, 1.82) is 0 Å². The van der Waals surface area contributed by atoms with Gasteiger partial charge in [0.15, 0.2) is 0 Å². The highest BCUT2D eigenvalue weighted by Gasteiger charge is 2.41. The third kappa shape index (κ3) is 4.83. The molecule has 0 spiro atoms. The van der Waals surface area contributed by atoms with Crippen LogP contribution in [-0.4, -0.2) is 51.4 Å². The fraction of sp³-hybridized carbons (Fsp3) is 0.625. The molecule has 0 saturated carbocycles. The summed E-state index contributed by atoms with van der Waals surface area (Å²) in [5.74, 6) is -1.22. The minimum Gasteiger partial charge on any atom is -0.397 e. The molecule has 4 nitrogen and oxygen atoms in total. The highest BCUT2D eigenvalue weighted by molar-refractivity contribution is 6.33. The van der Waals surface area contributed by atoms with Gasteiger partial charge in [-0.05, 0) is 39.1 Å². The molecule has 1 aliphatic heterocycles. The van der Waals surface area contributed by atoms with E-state index in [4.69, 9.17) is 17.3 Å². The van der Waals surface area contributed by atoms with E-state index in [2.05, 4.69) is 5.32 Å². The van der Waals surface area contributed by atoms with Gasteiger partial charge in [-0.25, -0.2) is 0 Å². The van der Waals surface area contributed by atoms with Crippen molar-refractivity contribution < 1.29 is 13.2 Å². The van der Waals surface area contributed by atoms with Gasteiger partial charge in [-0.3, -0.25) is 0 Å². The Kier molecular flexibility index (Phi) is 6.09. The third-order valence-corrected chi connectivity index (χ3v) is 4.59. The first-order chi connectivity index (χ1) is 11.2. The quantitative estimate of drug-likeness (QED) is 0.782. The molecule has 1 fully saturated rings. The van der Waals surface area contributed by atoms with Crippen molar-refractivity contribution in [2.24, 2.45) is 5.92 Å². The molecule has 1 aromatic rings. The molecule has 1 aliphatic rings. The molecule has 0 amide bonds. The van der Waals surface area contributed by atoms with Gasteiger partial charge in [0.1, 0.15) is 0 Å². The van der Waals surface area contributed by atoms with Crippen LogP contribution in [0.2, 0.25) is 5.02 Å². The number of halogens is 4. The first kappa shape index (κ1) is 19.0. The first-order valence-corrected chi connectivity index (χ1v) is 8.35. The second-order valence-electron chi connectivity index (χ2n) is 6.42. The molecule has 0 radical (unpaired) electrons. The molecule has 3 N–H and O–H groups in total. The number of piperidine rings is 1. The van der Waals surface area contributed by atoms with E-state index in [9.17, 15) is 13.2 Å². The lowest BCUT2D eigenvalue weighted by Crippen LogP contribution is -2.39. The molecule has 1 saturated heterocycles. The lowest BCUT2D eigenvalue weighted by atomic mass is 9.96. The molecule has 0 unspecified atom stereocenters. The van der Waals surface area contributed by atoms with Crippen molar-refractivity contribution in [2.45, 2.75) is 19.0 Å². The standard InChI is InChI=1S/C16H24ClF3N4/c1-23(2)8-5-22-14-10-15(12(17)9-13(14)21)24-6-3-11(4-7-24)16(18,19)20/h9-11,22H,3-8,21H2,1-2H3. The maximum Gasteiger partial charge on any atom is 0.391 e. The van der Waals surface area contributed by atoms with Crippen molar-refractivity contribution in [1.82, 2.24) is 4.90 Å². The summed E-state index contributed by atoms with van der Waals surface area (Å²) in [6.07, 6.45) is -3.93. The Balaban J connectivity index is 2.07. The van der Waals surface area contributed by atoms with Gasteiger partial charge in [-0.15, -0.1) is 0 Å². The number of nitrogens with two attached hydrogens (primary N) is 1. The summed E-state index contributed by atoms with van der Waals surface area (Å²) in [6.45, 7) is 2.23. The smallest absolute Gasteiger partial charge is 0.391 e. The van der Waals surface area contributed by atoms with Crippen molar-refractivity contribution in [2.75, 3.05) is 56.2 Å². The van der Waals surface area contributed by atoms with Crippen LogP contribution in [0.3, 0.4) is 0 Å². The highest BCUT2D eigenvalue weighted by Crippen LogP contribution is 2.39. The van der Waals surface area contributed by atoms with E-state index < -0.39 is 12.1 Å². The molecule has 136 valence electrons. The molecule has 0 aromatic heterocycles. The summed E-state index contributed by atoms with van der Waals surface area (Å²) >= 11 is 6.27. The van der Waals surface area contributed by atoms with Crippen molar-refractivity contribution in [3.8, 4) is 0 Å². The van der Waals surface area contributed by atoms with Crippen LogP contribution in [-0.2, 0) is 0 Å². The lowest BCUT2D eigenvalue weighted by molar-refractivity contribution is -0.179. The van der Waals surface area contributed by atoms with Gasteiger partial charge in [0.2, 0.25) is 0 Å². The zero-order valence-electron chi connectivity index (χ0n) is 14.0. The van der Waals surface area contributed by atoms with Gasteiger partial charge in [0.05, 0.1) is 28.0 Å². The Labute approximate surface area is 145 Å². The van der Waals surface area contributed by atoms with Crippen LogP contribution in [0.1, 0.15) is 12.8 Å². The van der Waals surface area contributed by atoms with Gasteiger partial charge in [0, 0.05) is 26.2 Å². The van der Waals surface area contributed by atoms with Crippen LogP contribution < -0.4 is 16.0 Å². The average molecular weight is 365 g/mol. The third-order valence-electron chi connectivity index (χ3n) is 4.29. The number of benzene rings is 1. The van der Waals surface area contributed by atoms with E-state index in [1.54, 1.807) is 6.07 Å².